The van der Waals surface area contributed by atoms with E-state index in [9.17, 15) is 9.59 Å². The summed E-state index contributed by atoms with van der Waals surface area (Å²) in [7, 11) is 0. The second-order valence-electron chi connectivity index (χ2n) is 5.53. The summed E-state index contributed by atoms with van der Waals surface area (Å²) >= 11 is 0. The van der Waals surface area contributed by atoms with Gasteiger partial charge in [-0.25, -0.2) is 9.78 Å². The van der Waals surface area contributed by atoms with Crippen LogP contribution in [0.1, 0.15) is 37.2 Å². The maximum absolute atomic E-state index is 12.2. The third-order valence-corrected chi connectivity index (χ3v) is 3.56. The molecule has 128 valence electrons. The first-order valence-corrected chi connectivity index (χ1v) is 7.72. The Morgan fingerprint density at radius 2 is 2.00 bits per heavy atom. The second kappa shape index (κ2) is 8.66. The molecule has 1 aromatic carbocycles. The molecule has 2 amide bonds. The third kappa shape index (κ3) is 5.71. The number of nitrogens with one attached hydrogen (secondary N) is 3. The van der Waals surface area contributed by atoms with Gasteiger partial charge >= 0.3 is 12.0 Å². The average Bonchev–Trinajstić information content (AvgIpc) is 3.08. The number of hydrogen-bond acceptors (Lipinski definition) is 4. The van der Waals surface area contributed by atoms with Gasteiger partial charge in [-0.15, -0.1) is 0 Å². The number of urea groups is 1. The number of H-pyrrole nitrogens is 1. The normalized spacial score (nSPS) is 13.0. The molecule has 2 rings (SSSR count). The molecule has 0 saturated heterocycles. The monoisotopic (exact) mass is 331 g/mol. The molecule has 0 aliphatic heterocycles. The number of aromatic nitrogens is 3. The van der Waals surface area contributed by atoms with Gasteiger partial charge in [0.2, 0.25) is 0 Å². The minimum Gasteiger partial charge on any atom is -0.481 e. The topological polar surface area (TPSA) is 120 Å². The van der Waals surface area contributed by atoms with E-state index in [0.29, 0.717) is 18.7 Å². The summed E-state index contributed by atoms with van der Waals surface area (Å²) in [4.78, 5) is 27.0. The zero-order valence-electron chi connectivity index (χ0n) is 13.4. The number of aromatic amines is 1. The predicted molar refractivity (Wildman–Crippen MR) is 87.3 cm³/mol. The van der Waals surface area contributed by atoms with Gasteiger partial charge in [0.25, 0.3) is 0 Å². The summed E-state index contributed by atoms with van der Waals surface area (Å²) < 4.78 is 0. The second-order valence-corrected chi connectivity index (χ2v) is 5.53. The molecule has 1 aromatic heterocycles. The molecule has 0 fully saturated rings. The van der Waals surface area contributed by atoms with Crippen molar-refractivity contribution in [3.05, 3.63) is 48.0 Å². The zero-order valence-corrected chi connectivity index (χ0v) is 13.4. The lowest BCUT2D eigenvalue weighted by Gasteiger charge is -2.20. The Labute approximate surface area is 139 Å². The summed E-state index contributed by atoms with van der Waals surface area (Å²) in [6.45, 7) is 1.78. The molecule has 24 heavy (non-hydrogen) atoms. The summed E-state index contributed by atoms with van der Waals surface area (Å²) in [5, 5.41) is 20.9. The van der Waals surface area contributed by atoms with Crippen LogP contribution < -0.4 is 10.6 Å². The fraction of sp³-hybridized carbons (Fsp3) is 0.375. The molecule has 0 aliphatic rings. The van der Waals surface area contributed by atoms with E-state index in [2.05, 4.69) is 25.8 Å². The van der Waals surface area contributed by atoms with Gasteiger partial charge < -0.3 is 15.7 Å². The molecule has 0 saturated carbocycles. The van der Waals surface area contributed by atoms with Crippen molar-refractivity contribution in [2.24, 2.45) is 0 Å². The number of carboxylic acid groups (broad SMARTS) is 1. The number of hydrogen-bond donors (Lipinski definition) is 4. The van der Waals surface area contributed by atoms with Crippen LogP contribution in [0.25, 0.3) is 0 Å². The fourth-order valence-corrected chi connectivity index (χ4v) is 2.34. The van der Waals surface area contributed by atoms with Crippen molar-refractivity contribution < 1.29 is 14.7 Å². The van der Waals surface area contributed by atoms with Crippen molar-refractivity contribution >= 4 is 12.0 Å². The van der Waals surface area contributed by atoms with Gasteiger partial charge in [0.1, 0.15) is 12.2 Å². The summed E-state index contributed by atoms with van der Waals surface area (Å²) in [5.74, 6) is -0.333. The highest BCUT2D eigenvalue weighted by molar-refractivity contribution is 5.74. The maximum atomic E-state index is 12.2. The lowest BCUT2D eigenvalue weighted by atomic mass is 10.0. The Kier molecular flexibility index (Phi) is 6.30. The van der Waals surface area contributed by atoms with Crippen LogP contribution in [-0.2, 0) is 11.2 Å². The van der Waals surface area contributed by atoms with Gasteiger partial charge in [-0.05, 0) is 25.3 Å². The maximum Gasteiger partial charge on any atom is 0.315 e. The van der Waals surface area contributed by atoms with Gasteiger partial charge in [0.15, 0.2) is 0 Å². The van der Waals surface area contributed by atoms with E-state index in [-0.39, 0.29) is 24.5 Å². The molecule has 0 radical (unpaired) electrons. The van der Waals surface area contributed by atoms with Crippen molar-refractivity contribution in [2.45, 2.75) is 38.3 Å². The molecule has 0 bridgehead atoms. The Bertz CT molecular complexity index is 645. The smallest absolute Gasteiger partial charge is 0.315 e. The van der Waals surface area contributed by atoms with Crippen LogP contribution in [-0.4, -0.2) is 38.3 Å². The third-order valence-electron chi connectivity index (χ3n) is 3.56. The molecule has 2 unspecified atom stereocenters. The SMILES string of the molecule is CC(NC(=O)NC(CCC(=O)O)Cc1ccccc1)c1ncn[nH]1. The van der Waals surface area contributed by atoms with Gasteiger partial charge in [-0.3, -0.25) is 9.89 Å². The predicted octanol–water partition coefficient (Wildman–Crippen LogP) is 1.64. The van der Waals surface area contributed by atoms with E-state index < -0.39 is 5.97 Å². The number of nitrogens with zero attached hydrogens (tertiary/aromatic N) is 2. The van der Waals surface area contributed by atoms with Crippen molar-refractivity contribution in [1.29, 1.82) is 0 Å². The Morgan fingerprint density at radius 3 is 2.62 bits per heavy atom. The molecule has 0 spiro atoms. The first-order valence-electron chi connectivity index (χ1n) is 7.72. The van der Waals surface area contributed by atoms with Crippen LogP contribution >= 0.6 is 0 Å². The molecule has 1 heterocycles. The Hall–Kier alpha value is -2.90. The molecule has 4 N–H and O–H groups in total. The molecule has 2 aromatic rings. The average molecular weight is 331 g/mol. The summed E-state index contributed by atoms with van der Waals surface area (Å²) in [6, 6.07) is 8.66. The van der Waals surface area contributed by atoms with E-state index >= 15 is 0 Å². The van der Waals surface area contributed by atoms with Crippen LogP contribution in [0.3, 0.4) is 0 Å². The lowest BCUT2D eigenvalue weighted by Crippen LogP contribution is -2.44. The largest absolute Gasteiger partial charge is 0.481 e. The van der Waals surface area contributed by atoms with E-state index in [1.165, 1.54) is 6.33 Å². The molecule has 8 heteroatoms. The standard InChI is InChI=1S/C16H21N5O3/c1-11(15-17-10-18-21-15)19-16(24)20-13(7-8-14(22)23)9-12-5-3-2-4-6-12/h2-6,10-11,13H,7-9H2,1H3,(H,22,23)(H,17,18,21)(H2,19,20,24). The minimum atomic E-state index is -0.884. The van der Waals surface area contributed by atoms with E-state index in [0.717, 1.165) is 5.56 Å². The van der Waals surface area contributed by atoms with E-state index in [4.69, 9.17) is 5.11 Å². The van der Waals surface area contributed by atoms with Gasteiger partial charge in [-0.2, -0.15) is 5.10 Å². The van der Waals surface area contributed by atoms with Crippen LogP contribution in [0.5, 0.6) is 0 Å². The molecule has 8 nitrogen and oxygen atoms in total. The highest BCUT2D eigenvalue weighted by Crippen LogP contribution is 2.09. The molecule has 0 aliphatic carbocycles. The van der Waals surface area contributed by atoms with E-state index in [1.54, 1.807) is 6.92 Å². The summed E-state index contributed by atoms with van der Waals surface area (Å²) in [5.41, 5.74) is 1.04. The van der Waals surface area contributed by atoms with Crippen LogP contribution in [0.15, 0.2) is 36.7 Å². The summed E-state index contributed by atoms with van der Waals surface area (Å²) in [6.07, 6.45) is 2.29. The van der Waals surface area contributed by atoms with Crippen molar-refractivity contribution in [1.82, 2.24) is 25.8 Å². The van der Waals surface area contributed by atoms with Crippen molar-refractivity contribution in [2.75, 3.05) is 0 Å². The van der Waals surface area contributed by atoms with E-state index in [1.807, 2.05) is 30.3 Å². The Morgan fingerprint density at radius 1 is 1.25 bits per heavy atom. The molecular weight excluding hydrogens is 310 g/mol. The van der Waals surface area contributed by atoms with Gasteiger partial charge in [0.05, 0.1) is 6.04 Å². The number of rotatable bonds is 8. The minimum absolute atomic E-state index is 0.00453. The number of carbonyl (C=O) groups is 2. The first-order chi connectivity index (χ1) is 11.5. The number of aliphatic carboxylic acids is 1. The highest BCUT2D eigenvalue weighted by Gasteiger charge is 2.17. The molecule has 2 atom stereocenters. The van der Waals surface area contributed by atoms with Crippen LogP contribution in [0, 0.1) is 0 Å². The number of carboxylic acids is 1. The van der Waals surface area contributed by atoms with Gasteiger partial charge in [0, 0.05) is 12.5 Å². The molecular formula is C16H21N5O3. The lowest BCUT2D eigenvalue weighted by molar-refractivity contribution is -0.137. The quantitative estimate of drug-likeness (QED) is 0.586. The van der Waals surface area contributed by atoms with Crippen molar-refractivity contribution in [3.8, 4) is 0 Å². The number of carbonyl (C=O) groups excluding carboxylic acids is 1. The zero-order chi connectivity index (χ0) is 17.4. The number of benzene rings is 1. The Balaban J connectivity index is 1.93. The number of amides is 2. The van der Waals surface area contributed by atoms with Crippen molar-refractivity contribution in [3.63, 3.8) is 0 Å². The first kappa shape index (κ1) is 17.5. The van der Waals surface area contributed by atoms with Crippen LogP contribution in [0.2, 0.25) is 0 Å². The highest BCUT2D eigenvalue weighted by atomic mass is 16.4. The van der Waals surface area contributed by atoms with Gasteiger partial charge in [-0.1, -0.05) is 30.3 Å². The fourth-order valence-electron chi connectivity index (χ4n) is 2.34. The van der Waals surface area contributed by atoms with Crippen LogP contribution in [0.4, 0.5) is 4.79 Å².